The van der Waals surface area contributed by atoms with Crippen molar-refractivity contribution < 1.29 is 37.8 Å². The lowest BCUT2D eigenvalue weighted by Crippen LogP contribution is -2.50. The fourth-order valence-electron chi connectivity index (χ4n) is 7.56. The lowest BCUT2D eigenvalue weighted by Gasteiger charge is -2.37. The van der Waals surface area contributed by atoms with Crippen molar-refractivity contribution in [3.63, 3.8) is 0 Å². The van der Waals surface area contributed by atoms with Crippen LogP contribution in [-0.2, 0) is 23.8 Å². The summed E-state index contributed by atoms with van der Waals surface area (Å²) in [7, 11) is 1.60. The Bertz CT molecular complexity index is 1190. The molecule has 0 spiro atoms. The first kappa shape index (κ1) is 36.6. The number of likely N-dealkylation sites (tertiary alicyclic amines) is 1. The van der Waals surface area contributed by atoms with Gasteiger partial charge in [-0.05, 0) is 94.9 Å². The maximum Gasteiger partial charge on any atom is 0.407 e. The maximum absolute atomic E-state index is 14.0. The minimum atomic E-state index is -0.698. The van der Waals surface area contributed by atoms with Crippen LogP contribution in [0.1, 0.15) is 102 Å². The summed E-state index contributed by atoms with van der Waals surface area (Å²) in [4.78, 5) is 54.5. The highest BCUT2D eigenvalue weighted by molar-refractivity contribution is 5.98. The van der Waals surface area contributed by atoms with E-state index in [1.54, 1.807) is 57.0 Å². The molecule has 0 aromatic heterocycles. The molecule has 4 rings (SSSR count). The van der Waals surface area contributed by atoms with E-state index in [2.05, 4.69) is 10.6 Å². The molecule has 2 N–H and O–H groups in total. The molecule has 1 saturated heterocycles. The zero-order valence-electron chi connectivity index (χ0n) is 28.6. The Morgan fingerprint density at radius 1 is 0.936 bits per heavy atom. The number of rotatable bonds is 12. The number of hydrogen-bond donors (Lipinski definition) is 2. The average molecular weight is 660 g/mol. The summed E-state index contributed by atoms with van der Waals surface area (Å²) in [6.45, 7) is 5.91. The third kappa shape index (κ3) is 10.4. The number of nitrogens with zero attached hydrogens (tertiary/aromatic N) is 1. The van der Waals surface area contributed by atoms with E-state index < -0.39 is 36.4 Å². The number of anilines is 1. The molecule has 3 amide bonds. The molecular formula is C36H54FN3O7. The van der Waals surface area contributed by atoms with Crippen LogP contribution in [0.5, 0.6) is 0 Å². The fraction of sp³-hybridized carbons (Fsp3) is 0.722. The van der Waals surface area contributed by atoms with Gasteiger partial charge in [-0.15, -0.1) is 0 Å². The quantitative estimate of drug-likeness (QED) is 0.200. The minimum Gasteiger partial charge on any atom is -0.462 e. The zero-order valence-corrected chi connectivity index (χ0v) is 28.6. The van der Waals surface area contributed by atoms with E-state index in [0.29, 0.717) is 62.4 Å². The molecule has 1 aromatic carbocycles. The van der Waals surface area contributed by atoms with Crippen LogP contribution in [0.25, 0.3) is 0 Å². The van der Waals surface area contributed by atoms with Crippen LogP contribution in [-0.4, -0.2) is 80.0 Å². The van der Waals surface area contributed by atoms with Gasteiger partial charge in [-0.3, -0.25) is 9.59 Å². The van der Waals surface area contributed by atoms with Gasteiger partial charge in [0, 0.05) is 38.3 Å². The molecule has 1 aliphatic heterocycles. The van der Waals surface area contributed by atoms with Crippen molar-refractivity contribution in [1.82, 2.24) is 10.2 Å². The third-order valence-corrected chi connectivity index (χ3v) is 9.92. The first-order valence-electron chi connectivity index (χ1n) is 17.4. The standard InChI is InChI=1S/C36H54FN3O7/c1-36(2,3)47-35(44)39-30(23-37)25-11-13-26(14-12-25)33(42)40-20-19-29(24-9-6-5-7-10-24)31(40)32(41)38-28-17-15-27(16-18-28)34(43)46-22-8-21-45-4/h15-18,24-26,29-31H,5-14,19-23H2,1-4H3,(H,38,41)(H,39,44)/t25?,26?,29-,30+,31+/m0/s1. The van der Waals surface area contributed by atoms with Crippen LogP contribution < -0.4 is 10.6 Å². The van der Waals surface area contributed by atoms with Gasteiger partial charge in [0.1, 0.15) is 18.3 Å². The number of alkyl halides is 1. The van der Waals surface area contributed by atoms with Crippen molar-refractivity contribution in [2.45, 2.75) is 109 Å². The SMILES string of the molecule is COCCCOC(=O)c1ccc(NC(=O)[C@H]2[C@H](C3CCCCC3)CCN2C(=O)C2CCC([C@@H](CF)NC(=O)OC(C)(C)C)CC2)cc1. The van der Waals surface area contributed by atoms with E-state index in [9.17, 15) is 23.6 Å². The fourth-order valence-corrected chi connectivity index (χ4v) is 7.56. The predicted octanol–water partition coefficient (Wildman–Crippen LogP) is 6.29. The van der Waals surface area contributed by atoms with Gasteiger partial charge in [-0.2, -0.15) is 0 Å². The van der Waals surface area contributed by atoms with E-state index >= 15 is 0 Å². The smallest absolute Gasteiger partial charge is 0.407 e. The monoisotopic (exact) mass is 659 g/mol. The van der Waals surface area contributed by atoms with Crippen molar-refractivity contribution in [1.29, 1.82) is 0 Å². The average Bonchev–Trinajstić information content (AvgIpc) is 3.51. The van der Waals surface area contributed by atoms with Gasteiger partial charge in [-0.25, -0.2) is 14.0 Å². The molecule has 1 aromatic rings. The topological polar surface area (TPSA) is 123 Å². The van der Waals surface area contributed by atoms with E-state index in [4.69, 9.17) is 14.2 Å². The van der Waals surface area contributed by atoms with Gasteiger partial charge >= 0.3 is 12.1 Å². The Kier molecular flexibility index (Phi) is 13.5. The molecule has 3 fully saturated rings. The lowest BCUT2D eigenvalue weighted by molar-refractivity contribution is -0.142. The van der Waals surface area contributed by atoms with E-state index in [1.165, 1.54) is 6.42 Å². The van der Waals surface area contributed by atoms with Gasteiger partial charge < -0.3 is 29.7 Å². The first-order chi connectivity index (χ1) is 22.5. The van der Waals surface area contributed by atoms with Crippen molar-refractivity contribution in [2.24, 2.45) is 23.7 Å². The highest BCUT2D eigenvalue weighted by Gasteiger charge is 2.47. The summed E-state index contributed by atoms with van der Waals surface area (Å²) >= 11 is 0. The lowest BCUT2D eigenvalue weighted by atomic mass is 9.76. The van der Waals surface area contributed by atoms with Crippen LogP contribution in [0.3, 0.4) is 0 Å². The van der Waals surface area contributed by atoms with Gasteiger partial charge in [0.2, 0.25) is 11.8 Å². The summed E-state index contributed by atoms with van der Waals surface area (Å²) in [5, 5.41) is 5.72. The summed E-state index contributed by atoms with van der Waals surface area (Å²) in [5.41, 5.74) is 0.276. The molecule has 0 unspecified atom stereocenters. The molecule has 262 valence electrons. The number of benzene rings is 1. The Labute approximate surface area is 278 Å². The van der Waals surface area contributed by atoms with Crippen LogP contribution >= 0.6 is 0 Å². The second kappa shape index (κ2) is 17.3. The van der Waals surface area contributed by atoms with E-state index in [1.807, 2.05) is 0 Å². The first-order valence-corrected chi connectivity index (χ1v) is 17.4. The van der Waals surface area contributed by atoms with Crippen LogP contribution in [0, 0.1) is 23.7 Å². The summed E-state index contributed by atoms with van der Waals surface area (Å²) in [5.74, 6) is -0.493. The third-order valence-electron chi connectivity index (χ3n) is 9.92. The van der Waals surface area contributed by atoms with Gasteiger partial charge in [0.05, 0.1) is 18.2 Å². The maximum atomic E-state index is 14.0. The van der Waals surface area contributed by atoms with Crippen molar-refractivity contribution >= 4 is 29.6 Å². The van der Waals surface area contributed by atoms with Crippen molar-refractivity contribution in [2.75, 3.05) is 38.9 Å². The molecule has 3 atom stereocenters. The number of halogens is 1. The van der Waals surface area contributed by atoms with Gasteiger partial charge in [0.15, 0.2) is 0 Å². The number of hydrogen-bond acceptors (Lipinski definition) is 7. The van der Waals surface area contributed by atoms with Crippen LogP contribution in [0.4, 0.5) is 14.9 Å². The number of nitrogens with one attached hydrogen (secondary N) is 2. The van der Waals surface area contributed by atoms with E-state index in [-0.39, 0.29) is 36.2 Å². The summed E-state index contributed by atoms with van der Waals surface area (Å²) in [6, 6.07) is 5.41. The normalized spacial score (nSPS) is 24.3. The van der Waals surface area contributed by atoms with E-state index in [0.717, 1.165) is 32.1 Å². The number of carbonyl (C=O) groups excluding carboxylic acids is 4. The molecule has 1 heterocycles. The van der Waals surface area contributed by atoms with Crippen molar-refractivity contribution in [3.05, 3.63) is 29.8 Å². The number of amides is 3. The molecular weight excluding hydrogens is 605 g/mol. The zero-order chi connectivity index (χ0) is 34.0. The second-order valence-electron chi connectivity index (χ2n) is 14.4. The number of alkyl carbamates (subject to hydrolysis) is 1. The summed E-state index contributed by atoms with van der Waals surface area (Å²) < 4.78 is 29.6. The molecule has 2 aliphatic carbocycles. The Balaban J connectivity index is 1.39. The number of ether oxygens (including phenoxy) is 3. The number of carbonyl (C=O) groups is 4. The molecule has 0 radical (unpaired) electrons. The Morgan fingerprint density at radius 2 is 1.62 bits per heavy atom. The second-order valence-corrected chi connectivity index (χ2v) is 14.4. The molecule has 0 bridgehead atoms. The van der Waals surface area contributed by atoms with Crippen LogP contribution in [0.2, 0.25) is 0 Å². The molecule has 3 aliphatic rings. The summed E-state index contributed by atoms with van der Waals surface area (Å²) in [6.07, 6.45) is 8.78. The molecule has 2 saturated carbocycles. The van der Waals surface area contributed by atoms with Gasteiger partial charge in [-0.1, -0.05) is 32.1 Å². The highest BCUT2D eigenvalue weighted by Crippen LogP contribution is 2.41. The molecule has 11 heteroatoms. The van der Waals surface area contributed by atoms with Gasteiger partial charge in [0.25, 0.3) is 0 Å². The number of esters is 1. The van der Waals surface area contributed by atoms with Crippen LogP contribution in [0.15, 0.2) is 24.3 Å². The van der Waals surface area contributed by atoms with Crippen molar-refractivity contribution in [3.8, 4) is 0 Å². The Morgan fingerprint density at radius 3 is 2.23 bits per heavy atom. The largest absolute Gasteiger partial charge is 0.462 e. The number of methoxy groups -OCH3 is 1. The highest BCUT2D eigenvalue weighted by atomic mass is 19.1. The minimum absolute atomic E-state index is 0.00891. The molecule has 47 heavy (non-hydrogen) atoms. The predicted molar refractivity (Wildman–Crippen MR) is 177 cm³/mol. The Hall–Kier alpha value is -3.21. The molecule has 10 nitrogen and oxygen atoms in total.